The lowest BCUT2D eigenvalue weighted by Gasteiger charge is -1.91. The molecule has 1 aromatic heterocycles. The molecule has 0 radical (unpaired) electrons. The Labute approximate surface area is 69.3 Å². The lowest BCUT2D eigenvalue weighted by Crippen LogP contribution is -2.01. The van der Waals surface area contributed by atoms with Crippen LogP contribution in [0.4, 0.5) is 5.82 Å². The molecule has 4 nitrogen and oxygen atoms in total. The molecule has 0 aliphatic heterocycles. The second-order valence-corrected chi connectivity index (χ2v) is 2.17. The van der Waals surface area contributed by atoms with Gasteiger partial charge in [-0.15, -0.1) is 4.98 Å². The molecular weight excluding hydrogens is 156 g/mol. The lowest BCUT2D eigenvalue weighted by atomic mass is 10.3. The highest BCUT2D eigenvalue weighted by Crippen LogP contribution is 2.08. The summed E-state index contributed by atoms with van der Waals surface area (Å²) in [6, 6.07) is 4.75. The zero-order chi connectivity index (χ0) is 8.97. The minimum absolute atomic E-state index is 0.136. The van der Waals surface area contributed by atoms with E-state index in [-0.39, 0.29) is 12.2 Å². The van der Waals surface area contributed by atoms with Crippen LogP contribution in [0.15, 0.2) is 18.2 Å². The molecule has 0 saturated heterocycles. The zero-order valence-electron chi connectivity index (χ0n) is 6.19. The summed E-state index contributed by atoms with van der Waals surface area (Å²) >= 11 is 0. The summed E-state index contributed by atoms with van der Waals surface area (Å²) in [4.78, 5) is 17.1. The Kier molecular flexibility index (Phi) is 2.38. The fourth-order valence-electron chi connectivity index (χ4n) is 0.783. The van der Waals surface area contributed by atoms with Gasteiger partial charge in [0.15, 0.2) is 0 Å². The van der Waals surface area contributed by atoms with E-state index in [0.29, 0.717) is 5.69 Å². The first-order valence-electron chi connectivity index (χ1n) is 3.27. The molecule has 1 rings (SSSR count). The highest BCUT2D eigenvalue weighted by molar-refractivity contribution is 5.69. The van der Waals surface area contributed by atoms with Crippen LogP contribution in [0.1, 0.15) is 5.69 Å². The quantitative estimate of drug-likeness (QED) is 0.666. The van der Waals surface area contributed by atoms with Gasteiger partial charge in [0.1, 0.15) is 12.1 Å². The number of aromatic nitrogens is 1. The van der Waals surface area contributed by atoms with Crippen LogP contribution in [-0.4, -0.2) is 16.1 Å². The normalized spacial score (nSPS) is 8.92. The SMILES string of the molecule is [C-]#[N+]c1cccc(CC(=O)O)n1. The summed E-state index contributed by atoms with van der Waals surface area (Å²) in [6.07, 6.45) is -0.136. The maximum atomic E-state index is 10.3. The molecule has 0 unspecified atom stereocenters. The van der Waals surface area contributed by atoms with Gasteiger partial charge in [0.05, 0.1) is 0 Å². The fourth-order valence-corrected chi connectivity index (χ4v) is 0.783. The average molecular weight is 162 g/mol. The minimum atomic E-state index is -0.940. The maximum absolute atomic E-state index is 10.3. The molecule has 0 spiro atoms. The summed E-state index contributed by atoms with van der Waals surface area (Å²) in [5, 5.41) is 8.41. The number of carbonyl (C=O) groups is 1. The fraction of sp³-hybridized carbons (Fsp3) is 0.125. The number of hydrogen-bond donors (Lipinski definition) is 1. The number of carboxylic acids is 1. The molecule has 1 aromatic rings. The molecule has 0 amide bonds. The van der Waals surface area contributed by atoms with Crippen LogP contribution in [-0.2, 0) is 11.2 Å². The summed E-state index contributed by atoms with van der Waals surface area (Å²) in [7, 11) is 0. The minimum Gasteiger partial charge on any atom is -0.481 e. The third-order valence-electron chi connectivity index (χ3n) is 1.24. The van der Waals surface area contributed by atoms with E-state index in [2.05, 4.69) is 9.83 Å². The predicted octanol–water partition coefficient (Wildman–Crippen LogP) is 1.26. The molecule has 0 atom stereocenters. The molecule has 0 saturated carbocycles. The van der Waals surface area contributed by atoms with Gasteiger partial charge in [0, 0.05) is 0 Å². The van der Waals surface area contributed by atoms with Crippen molar-refractivity contribution in [1.29, 1.82) is 0 Å². The van der Waals surface area contributed by atoms with Crippen molar-refractivity contribution in [2.45, 2.75) is 6.42 Å². The van der Waals surface area contributed by atoms with Gasteiger partial charge in [0.2, 0.25) is 0 Å². The average Bonchev–Trinajstić information content (AvgIpc) is 2.03. The van der Waals surface area contributed by atoms with E-state index in [1.807, 2.05) is 0 Å². The van der Waals surface area contributed by atoms with Gasteiger partial charge in [-0.25, -0.2) is 0 Å². The van der Waals surface area contributed by atoms with Gasteiger partial charge < -0.3 is 9.95 Å². The highest BCUT2D eigenvalue weighted by Gasteiger charge is 2.05. The number of aliphatic carboxylic acids is 1. The van der Waals surface area contributed by atoms with E-state index in [1.54, 1.807) is 18.2 Å². The molecule has 12 heavy (non-hydrogen) atoms. The Bertz CT molecular complexity index is 341. The van der Waals surface area contributed by atoms with E-state index >= 15 is 0 Å². The molecular formula is C8H6N2O2. The van der Waals surface area contributed by atoms with Crippen molar-refractivity contribution in [3.63, 3.8) is 0 Å². The molecule has 0 fully saturated rings. The largest absolute Gasteiger partial charge is 0.481 e. The van der Waals surface area contributed by atoms with E-state index in [9.17, 15) is 4.79 Å². The van der Waals surface area contributed by atoms with Crippen molar-refractivity contribution in [2.24, 2.45) is 0 Å². The van der Waals surface area contributed by atoms with Crippen LogP contribution in [0, 0.1) is 6.57 Å². The van der Waals surface area contributed by atoms with E-state index in [0.717, 1.165) is 0 Å². The highest BCUT2D eigenvalue weighted by atomic mass is 16.4. The molecule has 0 aromatic carbocycles. The van der Waals surface area contributed by atoms with Crippen molar-refractivity contribution in [3.8, 4) is 0 Å². The standard InChI is InChI=1S/C8H6N2O2/c1-9-7-4-2-3-6(10-7)5-8(11)12/h2-4H,5H2,(H,11,12). The number of hydrogen-bond acceptors (Lipinski definition) is 2. The first-order valence-corrected chi connectivity index (χ1v) is 3.27. The summed E-state index contributed by atoms with van der Waals surface area (Å²) < 4.78 is 0. The van der Waals surface area contributed by atoms with Crippen molar-refractivity contribution >= 4 is 11.8 Å². The van der Waals surface area contributed by atoms with Gasteiger partial charge in [-0.3, -0.25) is 4.79 Å². The van der Waals surface area contributed by atoms with Gasteiger partial charge in [-0.2, -0.15) is 0 Å². The van der Waals surface area contributed by atoms with Gasteiger partial charge in [-0.05, 0) is 12.1 Å². The van der Waals surface area contributed by atoms with Crippen LogP contribution in [0.3, 0.4) is 0 Å². The number of nitrogens with zero attached hydrogens (tertiary/aromatic N) is 2. The van der Waals surface area contributed by atoms with Crippen LogP contribution in [0.25, 0.3) is 4.85 Å². The summed E-state index contributed by atoms with van der Waals surface area (Å²) in [5.74, 6) is -0.710. The Morgan fingerprint density at radius 1 is 1.67 bits per heavy atom. The molecule has 0 aliphatic carbocycles. The van der Waals surface area contributed by atoms with Crippen LogP contribution in [0.5, 0.6) is 0 Å². The van der Waals surface area contributed by atoms with Gasteiger partial charge >= 0.3 is 5.97 Å². The Morgan fingerprint density at radius 3 is 3.00 bits per heavy atom. The Morgan fingerprint density at radius 2 is 2.42 bits per heavy atom. The van der Waals surface area contributed by atoms with Crippen LogP contribution < -0.4 is 0 Å². The number of rotatable bonds is 2. The van der Waals surface area contributed by atoms with Crippen molar-refractivity contribution < 1.29 is 9.90 Å². The first-order chi connectivity index (χ1) is 5.72. The smallest absolute Gasteiger partial charge is 0.311 e. The number of carboxylic acid groups (broad SMARTS) is 1. The van der Waals surface area contributed by atoms with Crippen molar-refractivity contribution in [3.05, 3.63) is 35.3 Å². The van der Waals surface area contributed by atoms with Crippen molar-refractivity contribution in [2.75, 3.05) is 0 Å². The second-order valence-electron chi connectivity index (χ2n) is 2.17. The van der Waals surface area contributed by atoms with E-state index in [1.165, 1.54) is 0 Å². The van der Waals surface area contributed by atoms with Crippen LogP contribution >= 0.6 is 0 Å². The molecule has 1 N–H and O–H groups in total. The Hall–Kier alpha value is -1.89. The molecule has 0 aliphatic rings. The first kappa shape index (κ1) is 8.21. The topological polar surface area (TPSA) is 54.5 Å². The lowest BCUT2D eigenvalue weighted by molar-refractivity contribution is -0.136. The zero-order valence-corrected chi connectivity index (χ0v) is 6.19. The Balaban J connectivity index is 2.88. The maximum Gasteiger partial charge on any atom is 0.311 e. The number of pyridine rings is 1. The molecule has 4 heteroatoms. The summed E-state index contributed by atoms with van der Waals surface area (Å²) in [6.45, 7) is 6.64. The molecule has 60 valence electrons. The van der Waals surface area contributed by atoms with Crippen LogP contribution in [0.2, 0.25) is 0 Å². The van der Waals surface area contributed by atoms with Gasteiger partial charge in [-0.1, -0.05) is 12.6 Å². The predicted molar refractivity (Wildman–Crippen MR) is 41.8 cm³/mol. The summed E-state index contributed by atoms with van der Waals surface area (Å²) in [5.41, 5.74) is 0.413. The second kappa shape index (κ2) is 3.49. The van der Waals surface area contributed by atoms with E-state index < -0.39 is 5.97 Å². The van der Waals surface area contributed by atoms with Gasteiger partial charge in [0.25, 0.3) is 5.82 Å². The molecule has 0 bridgehead atoms. The third-order valence-corrected chi connectivity index (χ3v) is 1.24. The van der Waals surface area contributed by atoms with Crippen molar-refractivity contribution in [1.82, 2.24) is 4.98 Å². The third kappa shape index (κ3) is 2.06. The monoisotopic (exact) mass is 162 g/mol. The molecule has 1 heterocycles. The van der Waals surface area contributed by atoms with E-state index in [4.69, 9.17) is 11.7 Å².